The lowest BCUT2D eigenvalue weighted by Gasteiger charge is -2.39. The Morgan fingerprint density at radius 1 is 1.30 bits per heavy atom. The molecule has 0 bridgehead atoms. The second-order valence-corrected chi connectivity index (χ2v) is 6.70. The average Bonchev–Trinajstić information content (AvgIpc) is 3.16. The van der Waals surface area contributed by atoms with Gasteiger partial charge in [0.15, 0.2) is 0 Å². The maximum atomic E-state index is 12.6. The van der Waals surface area contributed by atoms with Crippen molar-refractivity contribution in [3.63, 3.8) is 0 Å². The lowest BCUT2D eigenvalue weighted by molar-refractivity contribution is -0.132. The van der Waals surface area contributed by atoms with Crippen molar-refractivity contribution in [2.24, 2.45) is 5.41 Å². The third-order valence-electron chi connectivity index (χ3n) is 5.39. The van der Waals surface area contributed by atoms with Crippen molar-refractivity contribution in [2.75, 3.05) is 26.2 Å². The molecule has 0 aromatic carbocycles. The van der Waals surface area contributed by atoms with Crippen LogP contribution >= 0.6 is 12.4 Å². The lowest BCUT2D eigenvalue weighted by Crippen LogP contribution is -2.44. The highest BCUT2D eigenvalue weighted by Gasteiger charge is 2.37. The molecular weight excluding hydrogens is 312 g/mol. The molecule has 0 radical (unpaired) electrons. The molecule has 23 heavy (non-hydrogen) atoms. The minimum Gasteiger partial charge on any atom is -0.346 e. The van der Waals surface area contributed by atoms with Gasteiger partial charge in [-0.2, -0.15) is 0 Å². The van der Waals surface area contributed by atoms with Gasteiger partial charge in [0.2, 0.25) is 5.91 Å². The monoisotopic (exact) mass is 334 g/mol. The molecule has 2 aromatic rings. The number of fused-ring (bicyclic) bond motifs is 1. The van der Waals surface area contributed by atoms with Gasteiger partial charge in [-0.25, -0.2) is 4.98 Å². The van der Waals surface area contributed by atoms with E-state index < -0.39 is 0 Å². The van der Waals surface area contributed by atoms with Crippen molar-refractivity contribution in [1.82, 2.24) is 20.2 Å². The molecule has 124 valence electrons. The highest BCUT2D eigenvalue weighted by molar-refractivity contribution is 5.87. The molecular formula is C17H23ClN4O. The van der Waals surface area contributed by atoms with Gasteiger partial charge in [-0.1, -0.05) is 0 Å². The van der Waals surface area contributed by atoms with Gasteiger partial charge < -0.3 is 15.2 Å². The van der Waals surface area contributed by atoms with E-state index in [2.05, 4.69) is 15.3 Å². The number of hydrogen-bond donors (Lipinski definition) is 2. The standard InChI is InChI=1S/C17H22N4O.ClH/c22-15(10-13-11-20-16-14(13)2-1-6-19-16)21-8-4-17(5-9-21)3-7-18-12-17;/h1-2,6,11,18H,3-5,7-10,12H2,(H,19,20);1H. The van der Waals surface area contributed by atoms with Crippen LogP contribution in [0.2, 0.25) is 0 Å². The predicted molar refractivity (Wildman–Crippen MR) is 92.8 cm³/mol. The van der Waals surface area contributed by atoms with E-state index in [0.717, 1.165) is 55.6 Å². The number of piperidine rings is 1. The van der Waals surface area contributed by atoms with Crippen LogP contribution in [0, 0.1) is 5.41 Å². The molecule has 0 aliphatic carbocycles. The lowest BCUT2D eigenvalue weighted by atomic mass is 9.78. The third-order valence-corrected chi connectivity index (χ3v) is 5.39. The Morgan fingerprint density at radius 3 is 2.87 bits per heavy atom. The van der Waals surface area contributed by atoms with E-state index >= 15 is 0 Å². The SMILES string of the molecule is Cl.O=C(Cc1c[nH]c2ncccc12)N1CCC2(CCNC2)CC1. The Balaban J connectivity index is 0.00000156. The Kier molecular flexibility index (Phi) is 4.60. The number of carbonyl (C=O) groups is 1. The van der Waals surface area contributed by atoms with Gasteiger partial charge in [-0.3, -0.25) is 4.79 Å². The number of pyridine rings is 1. The first-order valence-corrected chi connectivity index (χ1v) is 8.15. The second-order valence-electron chi connectivity index (χ2n) is 6.70. The molecule has 4 heterocycles. The van der Waals surface area contributed by atoms with E-state index in [-0.39, 0.29) is 18.3 Å². The van der Waals surface area contributed by atoms with Crippen LogP contribution in [0.25, 0.3) is 11.0 Å². The van der Waals surface area contributed by atoms with E-state index in [9.17, 15) is 4.79 Å². The summed E-state index contributed by atoms with van der Waals surface area (Å²) in [6.07, 6.45) is 7.70. The topological polar surface area (TPSA) is 61.0 Å². The Hall–Kier alpha value is -1.59. The highest BCUT2D eigenvalue weighted by Crippen LogP contribution is 2.37. The molecule has 1 amide bonds. The number of H-pyrrole nitrogens is 1. The van der Waals surface area contributed by atoms with Crippen molar-refractivity contribution in [1.29, 1.82) is 0 Å². The van der Waals surface area contributed by atoms with Crippen LogP contribution in [0.3, 0.4) is 0 Å². The quantitative estimate of drug-likeness (QED) is 0.884. The van der Waals surface area contributed by atoms with Crippen molar-refractivity contribution in [3.05, 3.63) is 30.1 Å². The maximum Gasteiger partial charge on any atom is 0.227 e. The number of aromatic amines is 1. The van der Waals surface area contributed by atoms with Crippen molar-refractivity contribution >= 4 is 29.3 Å². The average molecular weight is 335 g/mol. The molecule has 1 spiro atoms. The van der Waals surface area contributed by atoms with Gasteiger partial charge in [0.05, 0.1) is 6.42 Å². The Labute approximate surface area is 142 Å². The van der Waals surface area contributed by atoms with Crippen molar-refractivity contribution < 1.29 is 4.79 Å². The summed E-state index contributed by atoms with van der Waals surface area (Å²) in [5.74, 6) is 0.241. The molecule has 6 heteroatoms. The van der Waals surface area contributed by atoms with Gasteiger partial charge >= 0.3 is 0 Å². The maximum absolute atomic E-state index is 12.6. The Bertz CT molecular complexity index is 683. The summed E-state index contributed by atoms with van der Waals surface area (Å²) >= 11 is 0. The van der Waals surface area contributed by atoms with Crippen LogP contribution in [0.5, 0.6) is 0 Å². The summed E-state index contributed by atoms with van der Waals surface area (Å²) in [5, 5.41) is 4.53. The fourth-order valence-corrected chi connectivity index (χ4v) is 3.89. The molecule has 4 rings (SSSR count). The zero-order chi connectivity index (χ0) is 15.0. The fourth-order valence-electron chi connectivity index (χ4n) is 3.89. The van der Waals surface area contributed by atoms with Crippen LogP contribution in [0.4, 0.5) is 0 Å². The van der Waals surface area contributed by atoms with E-state index in [1.54, 1.807) is 6.20 Å². The predicted octanol–water partition coefficient (Wildman–Crippen LogP) is 2.13. The third kappa shape index (κ3) is 3.08. The van der Waals surface area contributed by atoms with Crippen molar-refractivity contribution in [3.8, 4) is 0 Å². The van der Waals surface area contributed by atoms with Crippen LogP contribution in [-0.2, 0) is 11.2 Å². The summed E-state index contributed by atoms with van der Waals surface area (Å²) in [7, 11) is 0. The zero-order valence-electron chi connectivity index (χ0n) is 13.2. The molecule has 2 aliphatic heterocycles. The van der Waals surface area contributed by atoms with E-state index in [1.165, 1.54) is 6.42 Å². The van der Waals surface area contributed by atoms with Crippen LogP contribution < -0.4 is 5.32 Å². The number of aromatic nitrogens is 2. The molecule has 0 saturated carbocycles. The van der Waals surface area contributed by atoms with Crippen LogP contribution in [-0.4, -0.2) is 47.0 Å². The normalized spacial score (nSPS) is 19.9. The molecule has 5 nitrogen and oxygen atoms in total. The number of rotatable bonds is 2. The number of nitrogens with zero attached hydrogens (tertiary/aromatic N) is 2. The fraction of sp³-hybridized carbons (Fsp3) is 0.529. The number of halogens is 1. The first-order valence-electron chi connectivity index (χ1n) is 8.15. The molecule has 2 aliphatic rings. The summed E-state index contributed by atoms with van der Waals surface area (Å²) in [6.45, 7) is 4.07. The summed E-state index contributed by atoms with van der Waals surface area (Å²) in [4.78, 5) is 22.1. The zero-order valence-corrected chi connectivity index (χ0v) is 14.0. The van der Waals surface area contributed by atoms with Gasteiger partial charge in [-0.05, 0) is 48.9 Å². The van der Waals surface area contributed by atoms with Crippen LogP contribution in [0.1, 0.15) is 24.8 Å². The van der Waals surface area contributed by atoms with Gasteiger partial charge in [0, 0.05) is 37.4 Å². The minimum atomic E-state index is 0. The molecule has 0 atom stereocenters. The molecule has 2 aromatic heterocycles. The molecule has 2 saturated heterocycles. The van der Waals surface area contributed by atoms with Gasteiger partial charge in [0.25, 0.3) is 0 Å². The molecule has 2 fully saturated rings. The number of carbonyl (C=O) groups excluding carboxylic acids is 1. The highest BCUT2D eigenvalue weighted by atomic mass is 35.5. The smallest absolute Gasteiger partial charge is 0.227 e. The summed E-state index contributed by atoms with van der Waals surface area (Å²) in [5.41, 5.74) is 2.37. The summed E-state index contributed by atoms with van der Waals surface area (Å²) in [6, 6.07) is 3.94. The van der Waals surface area contributed by atoms with Gasteiger partial charge in [0.1, 0.15) is 5.65 Å². The van der Waals surface area contributed by atoms with Crippen molar-refractivity contribution in [2.45, 2.75) is 25.7 Å². The van der Waals surface area contributed by atoms with E-state index in [4.69, 9.17) is 0 Å². The summed E-state index contributed by atoms with van der Waals surface area (Å²) < 4.78 is 0. The minimum absolute atomic E-state index is 0. The first-order chi connectivity index (χ1) is 10.8. The molecule has 2 N–H and O–H groups in total. The van der Waals surface area contributed by atoms with Gasteiger partial charge in [-0.15, -0.1) is 12.4 Å². The largest absolute Gasteiger partial charge is 0.346 e. The second kappa shape index (κ2) is 6.49. The number of nitrogens with one attached hydrogen (secondary N) is 2. The van der Waals surface area contributed by atoms with E-state index in [0.29, 0.717) is 11.8 Å². The van der Waals surface area contributed by atoms with E-state index in [1.807, 2.05) is 23.2 Å². The number of hydrogen-bond acceptors (Lipinski definition) is 3. The first kappa shape index (κ1) is 16.3. The molecule has 0 unspecified atom stereocenters. The number of likely N-dealkylation sites (tertiary alicyclic amines) is 1. The number of amides is 1. The van der Waals surface area contributed by atoms with Crippen LogP contribution in [0.15, 0.2) is 24.5 Å². The Morgan fingerprint density at radius 2 is 2.13 bits per heavy atom.